The summed E-state index contributed by atoms with van der Waals surface area (Å²) in [6.45, 7) is 1.90. The van der Waals surface area contributed by atoms with Gasteiger partial charge in [-0.25, -0.2) is 17.9 Å². The van der Waals surface area contributed by atoms with Crippen LogP contribution < -0.4 is 4.72 Å². The Morgan fingerprint density at radius 1 is 0.932 bits per heavy atom. The van der Waals surface area contributed by atoms with E-state index in [4.69, 9.17) is 4.84 Å². The molecule has 4 aromatic rings. The predicted octanol–water partition coefficient (Wildman–Crippen LogP) is 5.85. The van der Waals surface area contributed by atoms with Crippen molar-refractivity contribution in [2.45, 2.75) is 36.7 Å². The van der Waals surface area contributed by atoms with Crippen LogP contribution in [0.25, 0.3) is 0 Å². The maximum atomic E-state index is 13.0. The van der Waals surface area contributed by atoms with E-state index in [2.05, 4.69) is 20.1 Å². The number of phenols is 1. The molecule has 0 spiro atoms. The van der Waals surface area contributed by atoms with Crippen LogP contribution in [0.3, 0.4) is 0 Å². The van der Waals surface area contributed by atoms with Crippen molar-refractivity contribution < 1.29 is 33.1 Å². The fraction of sp³-hybridized carbons (Fsp3) is 0.156. The van der Waals surface area contributed by atoms with Crippen LogP contribution in [0.1, 0.15) is 46.3 Å². The molecule has 3 N–H and O–H groups in total. The molecular weight excluding hydrogens is 584 g/mol. The SMILES string of the molecule is CC1ON=C(c2ccccc2)C1c1ccc(S(=O)(=O)NC(=O)CCc2ccccc2N=Nc2ccc(O)c(C(=O)O)c2)cc1. The number of benzene rings is 4. The highest BCUT2D eigenvalue weighted by molar-refractivity contribution is 7.90. The highest BCUT2D eigenvalue weighted by Gasteiger charge is 2.33. The largest absolute Gasteiger partial charge is 0.507 e. The van der Waals surface area contributed by atoms with Crippen LogP contribution in [0.4, 0.5) is 11.4 Å². The van der Waals surface area contributed by atoms with E-state index in [0.717, 1.165) is 16.8 Å². The Labute approximate surface area is 253 Å². The maximum Gasteiger partial charge on any atom is 0.339 e. The number of nitrogens with one attached hydrogen (secondary N) is 1. The number of aromatic hydroxyl groups is 1. The lowest BCUT2D eigenvalue weighted by molar-refractivity contribution is -0.119. The normalized spacial score (nSPS) is 16.3. The summed E-state index contributed by atoms with van der Waals surface area (Å²) in [6.07, 6.45) is -0.204. The van der Waals surface area contributed by atoms with E-state index in [9.17, 15) is 28.2 Å². The topological polar surface area (TPSA) is 167 Å². The van der Waals surface area contributed by atoms with Gasteiger partial charge in [0, 0.05) is 12.0 Å². The smallest absolute Gasteiger partial charge is 0.339 e. The second-order valence-electron chi connectivity index (χ2n) is 10.1. The molecule has 224 valence electrons. The third-order valence-electron chi connectivity index (χ3n) is 7.05. The van der Waals surface area contributed by atoms with E-state index in [-0.39, 0.29) is 41.0 Å². The summed E-state index contributed by atoms with van der Waals surface area (Å²) in [5.74, 6) is -2.57. The van der Waals surface area contributed by atoms with Gasteiger partial charge in [0.25, 0.3) is 10.0 Å². The van der Waals surface area contributed by atoms with Crippen molar-refractivity contribution >= 4 is 39.0 Å². The van der Waals surface area contributed by atoms with E-state index in [1.807, 2.05) is 37.3 Å². The monoisotopic (exact) mass is 612 g/mol. The number of azo groups is 1. The first-order valence-corrected chi connectivity index (χ1v) is 15.1. The van der Waals surface area contributed by atoms with Gasteiger partial charge in [0.05, 0.1) is 27.9 Å². The number of carboxylic acids is 1. The van der Waals surface area contributed by atoms with Gasteiger partial charge in [-0.15, -0.1) is 0 Å². The molecule has 12 heteroatoms. The highest BCUT2D eigenvalue weighted by atomic mass is 32.2. The van der Waals surface area contributed by atoms with Gasteiger partial charge in [-0.2, -0.15) is 10.2 Å². The number of rotatable bonds is 10. The molecule has 0 saturated carbocycles. The zero-order valence-electron chi connectivity index (χ0n) is 23.5. The molecule has 2 atom stereocenters. The van der Waals surface area contributed by atoms with E-state index >= 15 is 0 Å². The summed E-state index contributed by atoms with van der Waals surface area (Å²) >= 11 is 0. The first-order chi connectivity index (χ1) is 21.1. The fourth-order valence-corrected chi connectivity index (χ4v) is 5.82. The van der Waals surface area contributed by atoms with Gasteiger partial charge in [-0.05, 0) is 60.9 Å². The van der Waals surface area contributed by atoms with Crippen LogP contribution in [0.2, 0.25) is 0 Å². The molecule has 0 bridgehead atoms. The highest BCUT2D eigenvalue weighted by Crippen LogP contribution is 2.33. The summed E-state index contributed by atoms with van der Waals surface area (Å²) < 4.78 is 28.1. The molecule has 0 saturated heterocycles. The minimum atomic E-state index is -4.13. The van der Waals surface area contributed by atoms with Crippen molar-refractivity contribution in [2.75, 3.05) is 0 Å². The van der Waals surface area contributed by atoms with Crippen molar-refractivity contribution in [2.24, 2.45) is 15.4 Å². The quantitative estimate of drug-likeness (QED) is 0.189. The van der Waals surface area contributed by atoms with Crippen LogP contribution in [-0.4, -0.2) is 42.3 Å². The van der Waals surface area contributed by atoms with Gasteiger partial charge in [0.1, 0.15) is 17.4 Å². The first kappa shape index (κ1) is 30.1. The fourth-order valence-electron chi connectivity index (χ4n) is 4.80. The number of amides is 1. The van der Waals surface area contributed by atoms with E-state index < -0.39 is 27.6 Å². The average Bonchev–Trinajstić information content (AvgIpc) is 3.41. The van der Waals surface area contributed by atoms with Gasteiger partial charge in [-0.1, -0.05) is 65.8 Å². The summed E-state index contributed by atoms with van der Waals surface area (Å²) in [4.78, 5) is 29.4. The van der Waals surface area contributed by atoms with Crippen LogP contribution in [-0.2, 0) is 26.1 Å². The second kappa shape index (κ2) is 12.9. The van der Waals surface area contributed by atoms with Crippen molar-refractivity contribution in [3.05, 3.63) is 119 Å². The minimum Gasteiger partial charge on any atom is -0.507 e. The molecule has 1 aliphatic rings. The van der Waals surface area contributed by atoms with Crippen LogP contribution in [0.15, 0.2) is 117 Å². The van der Waals surface area contributed by atoms with Gasteiger partial charge >= 0.3 is 5.97 Å². The van der Waals surface area contributed by atoms with Crippen molar-refractivity contribution in [1.82, 2.24) is 4.72 Å². The molecule has 44 heavy (non-hydrogen) atoms. The van der Waals surface area contributed by atoms with E-state index in [1.54, 1.807) is 36.4 Å². The van der Waals surface area contributed by atoms with Crippen LogP contribution in [0, 0.1) is 0 Å². The number of nitrogens with zero attached hydrogens (tertiary/aromatic N) is 3. The number of sulfonamides is 1. The number of oxime groups is 1. The third-order valence-corrected chi connectivity index (χ3v) is 8.43. The number of hydrogen-bond acceptors (Lipinski definition) is 9. The van der Waals surface area contributed by atoms with Crippen molar-refractivity contribution in [3.63, 3.8) is 0 Å². The zero-order valence-corrected chi connectivity index (χ0v) is 24.3. The summed E-state index contributed by atoms with van der Waals surface area (Å²) in [6, 6.07) is 26.6. The molecule has 1 heterocycles. The first-order valence-electron chi connectivity index (χ1n) is 13.6. The molecule has 11 nitrogen and oxygen atoms in total. The molecule has 0 aromatic heterocycles. The molecule has 1 amide bonds. The number of aromatic carboxylic acids is 1. The van der Waals surface area contributed by atoms with Gasteiger partial charge in [-0.3, -0.25) is 4.79 Å². The number of carbonyl (C=O) groups is 2. The minimum absolute atomic E-state index is 0.0526. The summed E-state index contributed by atoms with van der Waals surface area (Å²) in [7, 11) is -4.13. The standard InChI is InChI=1S/C32H28N4O7S/c1-20-30(31(35-43-20)23-8-3-2-4-9-23)22-11-15-25(16-12-22)44(41,42)36-29(38)18-13-21-7-5-6-10-27(21)34-33-24-14-17-28(37)26(19-24)32(39)40/h2-12,14-17,19-20,30,37H,13,18H2,1H3,(H,36,38)(H,39,40). The number of carboxylic acid groups (broad SMARTS) is 1. The molecule has 0 aliphatic carbocycles. The molecular formula is C32H28N4O7S. The third kappa shape index (κ3) is 6.81. The van der Waals surface area contributed by atoms with Crippen LogP contribution >= 0.6 is 0 Å². The van der Waals surface area contributed by atoms with Gasteiger partial charge in [0.15, 0.2) is 0 Å². The predicted molar refractivity (Wildman–Crippen MR) is 162 cm³/mol. The molecule has 0 radical (unpaired) electrons. The summed E-state index contributed by atoms with van der Waals surface area (Å²) in [5, 5.41) is 31.3. The van der Waals surface area contributed by atoms with E-state index in [1.165, 1.54) is 30.3 Å². The van der Waals surface area contributed by atoms with Crippen molar-refractivity contribution in [3.8, 4) is 5.75 Å². The Morgan fingerprint density at radius 2 is 1.64 bits per heavy atom. The Morgan fingerprint density at radius 3 is 2.36 bits per heavy atom. The molecule has 1 aliphatic heterocycles. The lowest BCUT2D eigenvalue weighted by atomic mass is 9.87. The van der Waals surface area contributed by atoms with Gasteiger partial charge < -0.3 is 15.1 Å². The zero-order chi connectivity index (χ0) is 31.3. The molecule has 5 rings (SSSR count). The Kier molecular flexibility index (Phi) is 8.81. The molecule has 0 fully saturated rings. The number of aryl methyl sites for hydroxylation is 1. The lowest BCUT2D eigenvalue weighted by Gasteiger charge is -2.16. The Bertz CT molecular complexity index is 1860. The lowest BCUT2D eigenvalue weighted by Crippen LogP contribution is -2.30. The maximum absolute atomic E-state index is 13.0. The second-order valence-corrected chi connectivity index (χ2v) is 11.7. The van der Waals surface area contributed by atoms with Crippen LogP contribution in [0.5, 0.6) is 5.75 Å². The van der Waals surface area contributed by atoms with Crippen molar-refractivity contribution in [1.29, 1.82) is 0 Å². The Balaban J connectivity index is 1.23. The molecule has 4 aromatic carbocycles. The van der Waals surface area contributed by atoms with Gasteiger partial charge in [0.2, 0.25) is 5.91 Å². The van der Waals surface area contributed by atoms with E-state index in [0.29, 0.717) is 11.3 Å². The Hall–Kier alpha value is -5.36. The average molecular weight is 613 g/mol. The number of hydrogen-bond donors (Lipinski definition) is 3. The summed E-state index contributed by atoms with van der Waals surface area (Å²) in [5.41, 5.74) is 3.47. The molecule has 2 unspecified atom stereocenters. The number of carbonyl (C=O) groups excluding carboxylic acids is 1.